The van der Waals surface area contributed by atoms with Gasteiger partial charge in [0.25, 0.3) is 0 Å². The number of hydrogen-bond donors (Lipinski definition) is 0. The molecule has 3 heterocycles. The van der Waals surface area contributed by atoms with Crippen molar-refractivity contribution in [3.63, 3.8) is 0 Å². The first kappa shape index (κ1) is 12.7. The van der Waals surface area contributed by atoms with E-state index < -0.39 is 0 Å². The highest BCUT2D eigenvalue weighted by molar-refractivity contribution is 7.10. The van der Waals surface area contributed by atoms with Crippen molar-refractivity contribution in [3.8, 4) is 0 Å². The maximum absolute atomic E-state index is 4.97. The Labute approximate surface area is 128 Å². The van der Waals surface area contributed by atoms with Crippen molar-refractivity contribution in [2.45, 2.75) is 25.8 Å². The van der Waals surface area contributed by atoms with Crippen molar-refractivity contribution in [1.29, 1.82) is 0 Å². The number of aromatic nitrogens is 1. The van der Waals surface area contributed by atoms with Crippen molar-refractivity contribution in [2.75, 3.05) is 0 Å². The van der Waals surface area contributed by atoms with E-state index in [2.05, 4.69) is 49.6 Å². The topological polar surface area (TPSA) is 25.2 Å². The Morgan fingerprint density at radius 3 is 2.81 bits per heavy atom. The van der Waals surface area contributed by atoms with Crippen molar-refractivity contribution < 1.29 is 0 Å². The number of rotatable bonds is 1. The number of nitrogens with zero attached hydrogens (tertiary/aromatic N) is 2. The Bertz CT molecular complexity index is 858. The van der Waals surface area contributed by atoms with Gasteiger partial charge in [-0.2, -0.15) is 0 Å². The highest BCUT2D eigenvalue weighted by Gasteiger charge is 2.28. The number of para-hydroxylation sites is 1. The first-order chi connectivity index (χ1) is 10.1. The molecule has 3 aromatic rings. The van der Waals surface area contributed by atoms with Crippen LogP contribution >= 0.6 is 11.3 Å². The molecule has 21 heavy (non-hydrogen) atoms. The lowest BCUT2D eigenvalue weighted by molar-refractivity contribution is 0.518. The summed E-state index contributed by atoms with van der Waals surface area (Å²) in [5.74, 6) is 0. The Hall–Kier alpha value is -2.00. The lowest BCUT2D eigenvalue weighted by Crippen LogP contribution is -2.28. The fourth-order valence-electron chi connectivity index (χ4n) is 2.88. The summed E-state index contributed by atoms with van der Waals surface area (Å²) in [6.45, 7) is 4.38. The first-order valence-corrected chi connectivity index (χ1v) is 8.03. The van der Waals surface area contributed by atoms with Gasteiger partial charge in [-0.1, -0.05) is 24.3 Å². The lowest BCUT2D eigenvalue weighted by Gasteiger charge is -2.26. The Morgan fingerprint density at radius 1 is 1.05 bits per heavy atom. The van der Waals surface area contributed by atoms with E-state index in [9.17, 15) is 0 Å². The van der Waals surface area contributed by atoms with Gasteiger partial charge >= 0.3 is 0 Å². The Kier molecular flexibility index (Phi) is 2.73. The van der Waals surface area contributed by atoms with E-state index in [4.69, 9.17) is 9.98 Å². The average Bonchev–Trinajstić information content (AvgIpc) is 2.92. The van der Waals surface area contributed by atoms with Crippen LogP contribution in [0.4, 0.5) is 0 Å². The van der Waals surface area contributed by atoms with Crippen molar-refractivity contribution >= 4 is 28.0 Å². The van der Waals surface area contributed by atoms with Gasteiger partial charge in [0.15, 0.2) is 0 Å². The van der Waals surface area contributed by atoms with E-state index in [1.807, 2.05) is 23.5 Å². The average molecular weight is 292 g/mol. The maximum Gasteiger partial charge on any atom is 0.0921 e. The number of benzene rings is 1. The quantitative estimate of drug-likeness (QED) is 0.649. The van der Waals surface area contributed by atoms with Crippen LogP contribution in [0.15, 0.2) is 52.8 Å². The monoisotopic (exact) mass is 292 g/mol. The summed E-state index contributed by atoms with van der Waals surface area (Å²) in [4.78, 5) is 11.2. The van der Waals surface area contributed by atoms with Crippen LogP contribution in [-0.2, 0) is 6.42 Å². The number of fused-ring (bicyclic) bond motifs is 2. The van der Waals surface area contributed by atoms with Crippen LogP contribution < -0.4 is 0 Å². The van der Waals surface area contributed by atoms with Crippen LogP contribution in [0.5, 0.6) is 0 Å². The van der Waals surface area contributed by atoms with Crippen molar-refractivity contribution in [2.24, 2.45) is 4.99 Å². The van der Waals surface area contributed by atoms with Gasteiger partial charge in [-0.25, -0.2) is 4.98 Å². The Balaban J connectivity index is 1.92. The van der Waals surface area contributed by atoms with E-state index in [0.29, 0.717) is 0 Å². The molecule has 4 rings (SSSR count). The van der Waals surface area contributed by atoms with E-state index in [0.717, 1.165) is 23.3 Å². The summed E-state index contributed by atoms with van der Waals surface area (Å²) in [5.41, 5.74) is 4.23. The fourth-order valence-corrected chi connectivity index (χ4v) is 3.97. The van der Waals surface area contributed by atoms with Gasteiger partial charge in [-0.3, -0.25) is 4.99 Å². The van der Waals surface area contributed by atoms with Crippen LogP contribution in [0, 0.1) is 0 Å². The van der Waals surface area contributed by atoms with Gasteiger partial charge in [0.1, 0.15) is 0 Å². The molecule has 1 aliphatic heterocycles. The minimum absolute atomic E-state index is 0.0550. The zero-order chi connectivity index (χ0) is 14.4. The molecule has 104 valence electrons. The summed E-state index contributed by atoms with van der Waals surface area (Å²) in [6, 6.07) is 14.6. The largest absolute Gasteiger partial charge is 0.276 e. The third kappa shape index (κ3) is 2.18. The molecule has 0 radical (unpaired) electrons. The third-order valence-corrected chi connectivity index (χ3v) is 4.77. The number of pyridine rings is 1. The number of aliphatic imine (C=N–C) groups is 1. The minimum atomic E-state index is -0.0550. The van der Waals surface area contributed by atoms with Crippen LogP contribution in [0.2, 0.25) is 0 Å². The molecule has 0 atom stereocenters. The second kappa shape index (κ2) is 4.50. The molecule has 0 saturated heterocycles. The molecule has 1 aromatic carbocycles. The zero-order valence-electron chi connectivity index (χ0n) is 12.1. The molecule has 0 fully saturated rings. The third-order valence-electron chi connectivity index (χ3n) is 3.85. The zero-order valence-corrected chi connectivity index (χ0v) is 12.9. The molecular formula is C18H16N2S. The number of hydrogen-bond acceptors (Lipinski definition) is 3. The van der Waals surface area contributed by atoms with E-state index >= 15 is 0 Å². The van der Waals surface area contributed by atoms with Crippen molar-refractivity contribution in [3.05, 3.63) is 64.0 Å². The van der Waals surface area contributed by atoms with Crippen LogP contribution in [0.3, 0.4) is 0 Å². The normalized spacial score (nSPS) is 16.6. The molecule has 2 aromatic heterocycles. The predicted octanol–water partition coefficient (Wildman–Crippen LogP) is 4.47. The van der Waals surface area contributed by atoms with Gasteiger partial charge < -0.3 is 0 Å². The SMILES string of the molecule is CC1(C)Cc2sccc2C(c2ccc3ccccc3n2)=N1. The highest BCUT2D eigenvalue weighted by atomic mass is 32.1. The first-order valence-electron chi connectivity index (χ1n) is 7.15. The lowest BCUT2D eigenvalue weighted by atomic mass is 9.91. The highest BCUT2D eigenvalue weighted by Crippen LogP contribution is 2.32. The maximum atomic E-state index is 4.97. The van der Waals surface area contributed by atoms with Gasteiger partial charge in [0.2, 0.25) is 0 Å². The number of thiophene rings is 1. The molecule has 0 bridgehead atoms. The molecule has 0 amide bonds. The Morgan fingerprint density at radius 2 is 1.90 bits per heavy atom. The molecule has 3 heteroatoms. The van der Waals surface area contributed by atoms with Gasteiger partial charge in [0, 0.05) is 22.2 Å². The summed E-state index contributed by atoms with van der Waals surface area (Å²) in [6.07, 6.45) is 1.01. The molecule has 0 saturated carbocycles. The summed E-state index contributed by atoms with van der Waals surface area (Å²) < 4.78 is 0. The van der Waals surface area contributed by atoms with Crippen molar-refractivity contribution in [1.82, 2.24) is 4.98 Å². The van der Waals surface area contributed by atoms with Gasteiger partial charge in [-0.05, 0) is 37.4 Å². The van der Waals surface area contributed by atoms with Crippen LogP contribution in [-0.4, -0.2) is 16.2 Å². The second-order valence-electron chi connectivity index (χ2n) is 6.10. The summed E-state index contributed by atoms with van der Waals surface area (Å²) in [5, 5.41) is 3.32. The van der Waals surface area contributed by atoms with Gasteiger partial charge in [0.05, 0.1) is 22.5 Å². The fraction of sp³-hybridized carbons (Fsp3) is 0.222. The molecule has 0 N–H and O–H groups in total. The van der Waals surface area contributed by atoms with E-state index in [1.54, 1.807) is 0 Å². The molecule has 0 spiro atoms. The predicted molar refractivity (Wildman–Crippen MR) is 89.5 cm³/mol. The second-order valence-corrected chi connectivity index (χ2v) is 7.10. The molecular weight excluding hydrogens is 276 g/mol. The van der Waals surface area contributed by atoms with Crippen LogP contribution in [0.25, 0.3) is 10.9 Å². The molecule has 0 unspecified atom stereocenters. The van der Waals surface area contributed by atoms with E-state index in [-0.39, 0.29) is 5.54 Å². The molecule has 2 nitrogen and oxygen atoms in total. The standard InChI is InChI=1S/C18H16N2S/c1-18(2)11-16-13(9-10-21-16)17(20-18)15-8-7-12-5-3-4-6-14(12)19-15/h3-10H,11H2,1-2H3. The van der Waals surface area contributed by atoms with E-state index in [1.165, 1.54) is 15.8 Å². The summed E-state index contributed by atoms with van der Waals surface area (Å²) >= 11 is 1.82. The van der Waals surface area contributed by atoms with Crippen LogP contribution in [0.1, 0.15) is 30.0 Å². The molecule has 1 aliphatic rings. The molecule has 0 aliphatic carbocycles. The smallest absolute Gasteiger partial charge is 0.0921 e. The minimum Gasteiger partial charge on any atom is -0.276 e. The summed E-state index contributed by atoms with van der Waals surface area (Å²) in [7, 11) is 0. The van der Waals surface area contributed by atoms with Gasteiger partial charge in [-0.15, -0.1) is 11.3 Å².